The van der Waals surface area contributed by atoms with Gasteiger partial charge in [-0.2, -0.15) is 0 Å². The minimum atomic E-state index is -1.38. The van der Waals surface area contributed by atoms with Crippen LogP contribution < -0.4 is 5.73 Å². The largest absolute Gasteiger partial charge is 0.480 e. The van der Waals surface area contributed by atoms with Crippen LogP contribution in [-0.2, 0) is 4.79 Å². The zero-order chi connectivity index (χ0) is 13.3. The number of nitrogens with two attached hydrogens (primary N) is 1. The maximum absolute atomic E-state index is 12.7. The second-order valence-corrected chi connectivity index (χ2v) is 4.44. The molecule has 0 saturated carbocycles. The molecular weight excluding hydrogens is 239 g/mol. The number of benzene rings is 1. The van der Waals surface area contributed by atoms with Crippen molar-refractivity contribution in [1.82, 2.24) is 4.90 Å². The zero-order valence-corrected chi connectivity index (χ0v) is 9.60. The molecule has 1 saturated heterocycles. The second kappa shape index (κ2) is 4.38. The zero-order valence-electron chi connectivity index (χ0n) is 9.60. The van der Waals surface area contributed by atoms with Gasteiger partial charge in [0.15, 0.2) is 0 Å². The van der Waals surface area contributed by atoms with Crippen molar-refractivity contribution in [3.8, 4) is 0 Å². The fourth-order valence-electron chi connectivity index (χ4n) is 1.96. The molecule has 6 heteroatoms. The first-order valence-electron chi connectivity index (χ1n) is 5.49. The van der Waals surface area contributed by atoms with E-state index in [0.717, 1.165) is 0 Å². The van der Waals surface area contributed by atoms with Crippen LogP contribution in [0.2, 0.25) is 0 Å². The third-order valence-corrected chi connectivity index (χ3v) is 3.11. The van der Waals surface area contributed by atoms with Crippen molar-refractivity contribution in [1.29, 1.82) is 0 Å². The fraction of sp³-hybridized carbons (Fsp3) is 0.333. The fourth-order valence-corrected chi connectivity index (χ4v) is 1.96. The minimum absolute atomic E-state index is 0.0292. The van der Waals surface area contributed by atoms with E-state index in [1.807, 2.05) is 0 Å². The third-order valence-electron chi connectivity index (χ3n) is 3.11. The highest BCUT2D eigenvalue weighted by molar-refractivity contribution is 5.95. The quantitative estimate of drug-likeness (QED) is 0.800. The molecule has 3 N–H and O–H groups in total. The normalized spacial score (nSPS) is 23.1. The number of aliphatic carboxylic acids is 1. The van der Waals surface area contributed by atoms with Crippen molar-refractivity contribution in [3.63, 3.8) is 0 Å². The Hall–Kier alpha value is -1.95. The molecule has 96 valence electrons. The van der Waals surface area contributed by atoms with E-state index in [-0.39, 0.29) is 18.9 Å². The Kier molecular flexibility index (Phi) is 3.04. The number of carbonyl (C=O) groups excluding carboxylic acids is 1. The van der Waals surface area contributed by atoms with Gasteiger partial charge in [0.2, 0.25) is 0 Å². The molecule has 2 rings (SSSR count). The number of likely N-dealkylation sites (tertiary alicyclic amines) is 1. The van der Waals surface area contributed by atoms with Crippen molar-refractivity contribution in [2.45, 2.75) is 12.0 Å². The SMILES string of the molecule is NC1(C(=O)O)CCN(C(=O)c2ccc(F)cc2)C1. The van der Waals surface area contributed by atoms with Crippen LogP contribution in [0.4, 0.5) is 4.39 Å². The number of amides is 1. The van der Waals surface area contributed by atoms with Gasteiger partial charge in [-0.1, -0.05) is 0 Å². The van der Waals surface area contributed by atoms with Gasteiger partial charge < -0.3 is 15.7 Å². The summed E-state index contributed by atoms with van der Waals surface area (Å²) in [6.45, 7) is 0.261. The lowest BCUT2D eigenvalue weighted by Gasteiger charge is -2.20. The van der Waals surface area contributed by atoms with Crippen molar-refractivity contribution >= 4 is 11.9 Å². The summed E-state index contributed by atoms with van der Waals surface area (Å²) in [5.74, 6) is -1.87. The first kappa shape index (κ1) is 12.5. The highest BCUT2D eigenvalue weighted by Crippen LogP contribution is 2.21. The molecule has 0 radical (unpaired) electrons. The number of rotatable bonds is 2. The first-order chi connectivity index (χ1) is 8.42. The van der Waals surface area contributed by atoms with Crippen LogP contribution in [0.3, 0.4) is 0 Å². The lowest BCUT2D eigenvalue weighted by Crippen LogP contribution is -2.50. The maximum Gasteiger partial charge on any atom is 0.325 e. The van der Waals surface area contributed by atoms with Gasteiger partial charge in [-0.15, -0.1) is 0 Å². The van der Waals surface area contributed by atoms with E-state index < -0.39 is 17.3 Å². The molecule has 1 amide bonds. The Labute approximate surface area is 103 Å². The molecular formula is C12H13FN2O3. The van der Waals surface area contributed by atoms with Crippen molar-refractivity contribution in [3.05, 3.63) is 35.6 Å². The summed E-state index contributed by atoms with van der Waals surface area (Å²) in [6, 6.07) is 5.12. The molecule has 1 fully saturated rings. The summed E-state index contributed by atoms with van der Waals surface area (Å²) in [6.07, 6.45) is 0.218. The van der Waals surface area contributed by atoms with Gasteiger partial charge >= 0.3 is 5.97 Å². The summed E-state index contributed by atoms with van der Waals surface area (Å²) >= 11 is 0. The molecule has 0 aromatic heterocycles. The third kappa shape index (κ3) is 2.19. The van der Waals surface area contributed by atoms with Crippen LogP contribution in [0.5, 0.6) is 0 Å². The summed E-state index contributed by atoms with van der Waals surface area (Å²) in [5.41, 5.74) is 4.62. The van der Waals surface area contributed by atoms with Crippen molar-refractivity contribution in [2.24, 2.45) is 5.73 Å². The highest BCUT2D eigenvalue weighted by Gasteiger charge is 2.43. The van der Waals surface area contributed by atoms with Crippen LogP contribution in [0.15, 0.2) is 24.3 Å². The van der Waals surface area contributed by atoms with Crippen LogP contribution in [-0.4, -0.2) is 40.5 Å². The highest BCUT2D eigenvalue weighted by atomic mass is 19.1. The first-order valence-corrected chi connectivity index (χ1v) is 5.49. The lowest BCUT2D eigenvalue weighted by atomic mass is 10.0. The summed E-state index contributed by atoms with van der Waals surface area (Å²) < 4.78 is 12.7. The Balaban J connectivity index is 2.12. The van der Waals surface area contributed by atoms with E-state index >= 15 is 0 Å². The van der Waals surface area contributed by atoms with Crippen LogP contribution >= 0.6 is 0 Å². The Bertz CT molecular complexity index is 489. The molecule has 1 unspecified atom stereocenters. The average molecular weight is 252 g/mol. The number of halogens is 1. The molecule has 1 aromatic carbocycles. The molecule has 1 aromatic rings. The molecule has 0 bridgehead atoms. The number of nitrogens with zero attached hydrogens (tertiary/aromatic N) is 1. The number of carboxylic acid groups (broad SMARTS) is 1. The molecule has 0 spiro atoms. The average Bonchev–Trinajstić information content (AvgIpc) is 2.73. The van der Waals surface area contributed by atoms with Crippen molar-refractivity contribution in [2.75, 3.05) is 13.1 Å². The van der Waals surface area contributed by atoms with E-state index in [0.29, 0.717) is 12.1 Å². The number of carboxylic acids is 1. The number of hydrogen-bond donors (Lipinski definition) is 2. The summed E-state index contributed by atoms with van der Waals surface area (Å²) in [5, 5.41) is 8.97. The van der Waals surface area contributed by atoms with E-state index in [4.69, 9.17) is 10.8 Å². The van der Waals surface area contributed by atoms with Gasteiger partial charge in [-0.3, -0.25) is 9.59 Å². The predicted molar refractivity (Wildman–Crippen MR) is 61.5 cm³/mol. The lowest BCUT2D eigenvalue weighted by molar-refractivity contribution is -0.142. The van der Waals surface area contributed by atoms with Gasteiger partial charge in [-0.25, -0.2) is 4.39 Å². The van der Waals surface area contributed by atoms with E-state index in [1.54, 1.807) is 0 Å². The van der Waals surface area contributed by atoms with Gasteiger partial charge in [0.1, 0.15) is 11.4 Å². The van der Waals surface area contributed by atoms with Crippen molar-refractivity contribution < 1.29 is 19.1 Å². The molecule has 18 heavy (non-hydrogen) atoms. The molecule has 1 heterocycles. The van der Waals surface area contributed by atoms with E-state index in [1.165, 1.54) is 29.2 Å². The smallest absolute Gasteiger partial charge is 0.325 e. The molecule has 5 nitrogen and oxygen atoms in total. The second-order valence-electron chi connectivity index (χ2n) is 4.44. The van der Waals surface area contributed by atoms with Crippen LogP contribution in [0.25, 0.3) is 0 Å². The number of carbonyl (C=O) groups is 2. The maximum atomic E-state index is 12.7. The Morgan fingerprint density at radius 3 is 2.44 bits per heavy atom. The monoisotopic (exact) mass is 252 g/mol. The van der Waals surface area contributed by atoms with E-state index in [9.17, 15) is 14.0 Å². The Morgan fingerprint density at radius 1 is 1.33 bits per heavy atom. The van der Waals surface area contributed by atoms with Gasteiger partial charge in [-0.05, 0) is 30.7 Å². The summed E-state index contributed by atoms with van der Waals surface area (Å²) in [4.78, 5) is 24.4. The van der Waals surface area contributed by atoms with Gasteiger partial charge in [0.05, 0.1) is 0 Å². The van der Waals surface area contributed by atoms with Crippen LogP contribution in [0, 0.1) is 5.82 Å². The molecule has 1 aliphatic rings. The van der Waals surface area contributed by atoms with Gasteiger partial charge in [0, 0.05) is 18.7 Å². The standard InChI is InChI=1S/C12H13FN2O3/c13-9-3-1-8(2-4-9)10(16)15-6-5-12(14,7-15)11(17)18/h1-4H,5-7,14H2,(H,17,18). The summed E-state index contributed by atoms with van der Waals surface area (Å²) in [7, 11) is 0. The molecule has 0 aliphatic carbocycles. The predicted octanol–water partition coefficient (Wildman–Crippen LogP) is 0.454. The minimum Gasteiger partial charge on any atom is -0.480 e. The topological polar surface area (TPSA) is 83.6 Å². The van der Waals surface area contributed by atoms with Gasteiger partial charge in [0.25, 0.3) is 5.91 Å². The van der Waals surface area contributed by atoms with E-state index in [2.05, 4.69) is 0 Å². The van der Waals surface area contributed by atoms with Crippen LogP contribution in [0.1, 0.15) is 16.8 Å². The Morgan fingerprint density at radius 2 is 1.94 bits per heavy atom. The molecule has 1 atom stereocenters. The number of hydrogen-bond acceptors (Lipinski definition) is 3. The molecule has 1 aliphatic heterocycles.